The van der Waals surface area contributed by atoms with Crippen LogP contribution in [-0.4, -0.2) is 30.4 Å². The van der Waals surface area contributed by atoms with Crippen LogP contribution in [0.5, 0.6) is 0 Å². The normalized spacial score (nSPS) is 18.3. The summed E-state index contributed by atoms with van der Waals surface area (Å²) < 4.78 is 5.54. The first kappa shape index (κ1) is 15.1. The van der Waals surface area contributed by atoms with E-state index in [2.05, 4.69) is 19.2 Å². The summed E-state index contributed by atoms with van der Waals surface area (Å²) in [6.07, 6.45) is 2.25. The Morgan fingerprint density at radius 2 is 2.10 bits per heavy atom. The number of aryl methyl sites for hydroxylation is 2. The Labute approximate surface area is 121 Å². The van der Waals surface area contributed by atoms with Crippen LogP contribution in [0.2, 0.25) is 0 Å². The van der Waals surface area contributed by atoms with E-state index in [1.165, 1.54) is 0 Å². The van der Waals surface area contributed by atoms with Crippen LogP contribution >= 0.6 is 0 Å². The van der Waals surface area contributed by atoms with Gasteiger partial charge in [-0.05, 0) is 45.6 Å². The van der Waals surface area contributed by atoms with Gasteiger partial charge in [-0.3, -0.25) is 4.79 Å². The molecule has 1 unspecified atom stereocenters. The van der Waals surface area contributed by atoms with E-state index in [0.29, 0.717) is 6.54 Å². The van der Waals surface area contributed by atoms with Crippen molar-refractivity contribution in [3.8, 4) is 0 Å². The van der Waals surface area contributed by atoms with Crippen molar-refractivity contribution in [3.05, 3.63) is 23.2 Å². The lowest BCUT2D eigenvalue weighted by Gasteiger charge is -2.30. The number of hydrogen-bond donors (Lipinski definition) is 1. The number of likely N-dealkylation sites (tertiary alicyclic amines) is 1. The van der Waals surface area contributed by atoms with Crippen LogP contribution in [0.15, 0.2) is 10.5 Å². The first-order chi connectivity index (χ1) is 9.47. The molecule has 0 radical (unpaired) electrons. The van der Waals surface area contributed by atoms with Gasteiger partial charge in [0.1, 0.15) is 11.5 Å². The van der Waals surface area contributed by atoms with Gasteiger partial charge < -0.3 is 14.6 Å². The van der Waals surface area contributed by atoms with Crippen molar-refractivity contribution in [3.63, 3.8) is 0 Å². The molecule has 1 aliphatic rings. The van der Waals surface area contributed by atoms with Gasteiger partial charge in [0, 0.05) is 24.7 Å². The van der Waals surface area contributed by atoms with Crippen molar-refractivity contribution in [1.82, 2.24) is 10.2 Å². The van der Waals surface area contributed by atoms with Gasteiger partial charge >= 0.3 is 0 Å². The van der Waals surface area contributed by atoms with Gasteiger partial charge in [-0.1, -0.05) is 6.92 Å². The van der Waals surface area contributed by atoms with Crippen molar-refractivity contribution in [1.29, 1.82) is 0 Å². The van der Waals surface area contributed by atoms with E-state index in [1.807, 2.05) is 24.8 Å². The predicted molar refractivity (Wildman–Crippen MR) is 79.6 cm³/mol. The molecule has 2 heterocycles. The number of carbonyl (C=O) groups excluding carboxylic acids is 1. The molecule has 0 spiro atoms. The summed E-state index contributed by atoms with van der Waals surface area (Å²) in [5, 5.41) is 3.31. The molecule has 1 aromatic rings. The Kier molecular flexibility index (Phi) is 4.86. The maximum absolute atomic E-state index is 12.2. The van der Waals surface area contributed by atoms with Crippen molar-refractivity contribution < 1.29 is 9.21 Å². The Morgan fingerprint density at radius 3 is 2.65 bits per heavy atom. The van der Waals surface area contributed by atoms with Crippen LogP contribution in [-0.2, 0) is 4.79 Å². The van der Waals surface area contributed by atoms with E-state index >= 15 is 0 Å². The second-order valence-corrected chi connectivity index (χ2v) is 6.03. The summed E-state index contributed by atoms with van der Waals surface area (Å²) in [6.45, 7) is 10.5. The maximum Gasteiger partial charge on any atom is 0.236 e. The second-order valence-electron chi connectivity index (χ2n) is 6.03. The SMILES string of the molecule is Cc1cc(C(C)NCC(=O)N2CCC(C)CC2)c(C)o1. The molecule has 1 N–H and O–H groups in total. The molecule has 1 fully saturated rings. The highest BCUT2D eigenvalue weighted by Gasteiger charge is 2.21. The van der Waals surface area contributed by atoms with Crippen LogP contribution in [0.4, 0.5) is 0 Å². The van der Waals surface area contributed by atoms with Gasteiger partial charge in [0.15, 0.2) is 0 Å². The number of furan rings is 1. The number of nitrogens with zero attached hydrogens (tertiary/aromatic N) is 1. The number of amides is 1. The highest BCUT2D eigenvalue weighted by Crippen LogP contribution is 2.21. The van der Waals surface area contributed by atoms with Gasteiger partial charge in [0.25, 0.3) is 0 Å². The monoisotopic (exact) mass is 278 g/mol. The van der Waals surface area contributed by atoms with Crippen LogP contribution in [0.3, 0.4) is 0 Å². The predicted octanol–water partition coefficient (Wildman–Crippen LogP) is 2.81. The van der Waals surface area contributed by atoms with E-state index < -0.39 is 0 Å². The first-order valence-electron chi connectivity index (χ1n) is 7.55. The molecule has 1 aromatic heterocycles. The zero-order chi connectivity index (χ0) is 14.7. The van der Waals surface area contributed by atoms with Gasteiger partial charge in [-0.15, -0.1) is 0 Å². The van der Waals surface area contributed by atoms with E-state index in [4.69, 9.17) is 4.42 Å². The highest BCUT2D eigenvalue weighted by molar-refractivity contribution is 5.78. The molecule has 4 heteroatoms. The molecule has 4 nitrogen and oxygen atoms in total. The average molecular weight is 278 g/mol. The van der Waals surface area contributed by atoms with Gasteiger partial charge in [-0.25, -0.2) is 0 Å². The summed E-state index contributed by atoms with van der Waals surface area (Å²) in [6, 6.07) is 2.18. The molecule has 1 atom stereocenters. The molecular formula is C16H26N2O2. The van der Waals surface area contributed by atoms with Crippen molar-refractivity contribution in [2.24, 2.45) is 5.92 Å². The second kappa shape index (κ2) is 6.44. The zero-order valence-electron chi connectivity index (χ0n) is 13.0. The average Bonchev–Trinajstić information content (AvgIpc) is 2.75. The molecule has 1 aliphatic heterocycles. The largest absolute Gasteiger partial charge is 0.466 e. The molecule has 112 valence electrons. The fourth-order valence-corrected chi connectivity index (χ4v) is 2.80. The smallest absolute Gasteiger partial charge is 0.236 e. The first-order valence-corrected chi connectivity index (χ1v) is 7.55. The quantitative estimate of drug-likeness (QED) is 0.921. The summed E-state index contributed by atoms with van der Waals surface area (Å²) in [7, 11) is 0. The van der Waals surface area contributed by atoms with E-state index in [9.17, 15) is 4.79 Å². The van der Waals surface area contributed by atoms with Crippen molar-refractivity contribution in [2.75, 3.05) is 19.6 Å². The minimum absolute atomic E-state index is 0.139. The molecule has 2 rings (SSSR count). The van der Waals surface area contributed by atoms with Gasteiger partial charge in [0.05, 0.1) is 6.54 Å². The fraction of sp³-hybridized carbons (Fsp3) is 0.688. The van der Waals surface area contributed by atoms with E-state index in [0.717, 1.165) is 48.9 Å². The lowest BCUT2D eigenvalue weighted by Crippen LogP contribution is -2.43. The van der Waals surface area contributed by atoms with E-state index in [-0.39, 0.29) is 11.9 Å². The topological polar surface area (TPSA) is 45.5 Å². The fourth-order valence-electron chi connectivity index (χ4n) is 2.80. The third-order valence-corrected chi connectivity index (χ3v) is 4.24. The van der Waals surface area contributed by atoms with Crippen molar-refractivity contribution >= 4 is 5.91 Å². The molecule has 0 aromatic carbocycles. The molecule has 1 saturated heterocycles. The van der Waals surface area contributed by atoms with Crippen LogP contribution in [0.1, 0.15) is 49.8 Å². The Morgan fingerprint density at radius 1 is 1.45 bits per heavy atom. The van der Waals surface area contributed by atoms with Crippen LogP contribution in [0.25, 0.3) is 0 Å². The van der Waals surface area contributed by atoms with Gasteiger partial charge in [0.2, 0.25) is 5.91 Å². The summed E-state index contributed by atoms with van der Waals surface area (Å²) in [4.78, 5) is 14.2. The van der Waals surface area contributed by atoms with E-state index in [1.54, 1.807) is 0 Å². The van der Waals surface area contributed by atoms with Crippen LogP contribution in [0, 0.1) is 19.8 Å². The number of carbonyl (C=O) groups is 1. The lowest BCUT2D eigenvalue weighted by molar-refractivity contribution is -0.131. The molecule has 20 heavy (non-hydrogen) atoms. The standard InChI is InChI=1S/C16H26N2O2/c1-11-5-7-18(8-6-11)16(19)10-17-13(3)15-9-12(2)20-14(15)4/h9,11,13,17H,5-8,10H2,1-4H3. The maximum atomic E-state index is 12.2. The number of rotatable bonds is 4. The number of nitrogens with one attached hydrogen (secondary N) is 1. The third kappa shape index (κ3) is 3.63. The Bertz CT molecular complexity index is 459. The number of piperidine rings is 1. The summed E-state index contributed by atoms with van der Waals surface area (Å²) in [5.41, 5.74) is 1.14. The summed E-state index contributed by atoms with van der Waals surface area (Å²) in [5.74, 6) is 2.81. The molecule has 0 aliphatic carbocycles. The molecule has 0 saturated carbocycles. The third-order valence-electron chi connectivity index (χ3n) is 4.24. The summed E-state index contributed by atoms with van der Waals surface area (Å²) >= 11 is 0. The highest BCUT2D eigenvalue weighted by atomic mass is 16.3. The zero-order valence-corrected chi connectivity index (χ0v) is 13.0. The lowest BCUT2D eigenvalue weighted by atomic mass is 9.99. The van der Waals surface area contributed by atoms with Crippen LogP contribution < -0.4 is 5.32 Å². The minimum atomic E-state index is 0.139. The van der Waals surface area contributed by atoms with Gasteiger partial charge in [-0.2, -0.15) is 0 Å². The Balaban J connectivity index is 1.82. The molecular weight excluding hydrogens is 252 g/mol. The van der Waals surface area contributed by atoms with Crippen molar-refractivity contribution in [2.45, 2.75) is 46.6 Å². The molecule has 1 amide bonds. The number of hydrogen-bond acceptors (Lipinski definition) is 3. The Hall–Kier alpha value is -1.29. The minimum Gasteiger partial charge on any atom is -0.466 e. The molecule has 0 bridgehead atoms.